The Hall–Kier alpha value is -2.12. The summed E-state index contributed by atoms with van der Waals surface area (Å²) < 4.78 is 5.34. The Morgan fingerprint density at radius 2 is 2.04 bits per heavy atom. The van der Waals surface area contributed by atoms with E-state index in [2.05, 4.69) is 20.9 Å². The number of nitrogens with zero attached hydrogens (tertiary/aromatic N) is 1. The summed E-state index contributed by atoms with van der Waals surface area (Å²) in [5, 5.41) is 8.77. The van der Waals surface area contributed by atoms with Gasteiger partial charge in [-0.3, -0.25) is 9.69 Å². The standard InChI is InChI=1S/C18H26N4O3/c1-12(11-22-5-7-25-8-6-22)19-18(24)20-13(2)14-3-4-16-15(9-14)10-17(23)21-16/h3-4,9,12-13H,5-8,10-11H2,1-2H3,(H,21,23)(H2,19,20,24). The molecule has 3 rings (SSSR count). The van der Waals surface area contributed by atoms with Crippen molar-refractivity contribution < 1.29 is 14.3 Å². The maximum atomic E-state index is 12.2. The Morgan fingerprint density at radius 3 is 2.80 bits per heavy atom. The molecule has 2 heterocycles. The van der Waals surface area contributed by atoms with Gasteiger partial charge in [-0.05, 0) is 31.0 Å². The monoisotopic (exact) mass is 346 g/mol. The molecular weight excluding hydrogens is 320 g/mol. The number of nitrogens with one attached hydrogen (secondary N) is 3. The van der Waals surface area contributed by atoms with Crippen LogP contribution in [0, 0.1) is 0 Å². The summed E-state index contributed by atoms with van der Waals surface area (Å²) in [4.78, 5) is 26.0. The van der Waals surface area contributed by atoms with Crippen LogP contribution in [-0.2, 0) is 16.0 Å². The minimum absolute atomic E-state index is 0.0162. The Kier molecular flexibility index (Phi) is 5.55. The van der Waals surface area contributed by atoms with Crippen LogP contribution in [0.3, 0.4) is 0 Å². The highest BCUT2D eigenvalue weighted by Gasteiger charge is 2.20. The van der Waals surface area contributed by atoms with Crippen LogP contribution in [-0.4, -0.2) is 55.7 Å². The highest BCUT2D eigenvalue weighted by molar-refractivity contribution is 5.99. The van der Waals surface area contributed by atoms with Gasteiger partial charge in [-0.1, -0.05) is 12.1 Å². The van der Waals surface area contributed by atoms with Crippen LogP contribution in [0.1, 0.15) is 31.0 Å². The lowest BCUT2D eigenvalue weighted by Gasteiger charge is -2.29. The molecule has 0 saturated carbocycles. The van der Waals surface area contributed by atoms with Crippen LogP contribution in [0.15, 0.2) is 18.2 Å². The first kappa shape index (κ1) is 17.7. The Labute approximate surface area is 148 Å². The van der Waals surface area contributed by atoms with Crippen LogP contribution in [0.4, 0.5) is 10.5 Å². The van der Waals surface area contributed by atoms with Crippen molar-refractivity contribution in [3.63, 3.8) is 0 Å². The van der Waals surface area contributed by atoms with Crippen molar-refractivity contribution >= 4 is 17.6 Å². The fourth-order valence-electron chi connectivity index (χ4n) is 3.28. The van der Waals surface area contributed by atoms with Gasteiger partial charge in [0.25, 0.3) is 0 Å². The van der Waals surface area contributed by atoms with E-state index in [0.717, 1.165) is 49.7 Å². The molecule has 1 aromatic rings. The molecule has 2 atom stereocenters. The van der Waals surface area contributed by atoms with E-state index in [1.807, 2.05) is 32.0 Å². The maximum absolute atomic E-state index is 12.2. The molecule has 3 amide bonds. The van der Waals surface area contributed by atoms with Gasteiger partial charge in [0.1, 0.15) is 0 Å². The smallest absolute Gasteiger partial charge is 0.315 e. The van der Waals surface area contributed by atoms with E-state index < -0.39 is 0 Å². The number of morpholine rings is 1. The average molecular weight is 346 g/mol. The largest absolute Gasteiger partial charge is 0.379 e. The molecule has 7 nitrogen and oxygen atoms in total. The molecule has 2 aliphatic rings. The van der Waals surface area contributed by atoms with Crippen molar-refractivity contribution in [2.75, 3.05) is 38.2 Å². The van der Waals surface area contributed by atoms with Gasteiger partial charge in [-0.25, -0.2) is 4.79 Å². The van der Waals surface area contributed by atoms with Gasteiger partial charge >= 0.3 is 6.03 Å². The van der Waals surface area contributed by atoms with Crippen molar-refractivity contribution in [2.45, 2.75) is 32.4 Å². The first-order chi connectivity index (χ1) is 12.0. The molecule has 0 aliphatic carbocycles. The molecule has 0 radical (unpaired) electrons. The summed E-state index contributed by atoms with van der Waals surface area (Å²) in [6.45, 7) is 8.09. The van der Waals surface area contributed by atoms with E-state index in [4.69, 9.17) is 4.74 Å². The zero-order valence-corrected chi connectivity index (χ0v) is 14.8. The fraction of sp³-hybridized carbons (Fsp3) is 0.556. The second-order valence-corrected chi connectivity index (χ2v) is 6.80. The zero-order chi connectivity index (χ0) is 17.8. The molecular formula is C18H26N4O3. The lowest BCUT2D eigenvalue weighted by molar-refractivity contribution is -0.115. The molecule has 136 valence electrons. The predicted molar refractivity (Wildman–Crippen MR) is 95.6 cm³/mol. The highest BCUT2D eigenvalue weighted by Crippen LogP contribution is 2.26. The summed E-state index contributed by atoms with van der Waals surface area (Å²) in [6, 6.07) is 5.57. The Morgan fingerprint density at radius 1 is 1.28 bits per heavy atom. The summed E-state index contributed by atoms with van der Waals surface area (Å²) in [6.07, 6.45) is 0.401. The number of fused-ring (bicyclic) bond motifs is 1. The van der Waals surface area contributed by atoms with E-state index in [0.29, 0.717) is 6.42 Å². The lowest BCUT2D eigenvalue weighted by Crippen LogP contribution is -2.48. The van der Waals surface area contributed by atoms with Crippen molar-refractivity contribution in [1.82, 2.24) is 15.5 Å². The number of hydrogen-bond acceptors (Lipinski definition) is 4. The molecule has 0 aromatic heterocycles. The lowest BCUT2D eigenvalue weighted by atomic mass is 10.0. The molecule has 2 unspecified atom stereocenters. The third kappa shape index (κ3) is 4.70. The first-order valence-electron chi connectivity index (χ1n) is 8.81. The molecule has 1 aromatic carbocycles. The fourth-order valence-corrected chi connectivity index (χ4v) is 3.28. The number of urea groups is 1. The van der Waals surface area contributed by atoms with Crippen LogP contribution >= 0.6 is 0 Å². The summed E-state index contributed by atoms with van der Waals surface area (Å²) in [5.41, 5.74) is 2.84. The van der Waals surface area contributed by atoms with Crippen LogP contribution in [0.2, 0.25) is 0 Å². The highest BCUT2D eigenvalue weighted by atomic mass is 16.5. The molecule has 2 aliphatic heterocycles. The van der Waals surface area contributed by atoms with Gasteiger partial charge in [0.15, 0.2) is 0 Å². The molecule has 0 spiro atoms. The minimum Gasteiger partial charge on any atom is -0.379 e. The van der Waals surface area contributed by atoms with Crippen molar-refractivity contribution in [2.24, 2.45) is 0 Å². The van der Waals surface area contributed by atoms with Gasteiger partial charge in [-0.2, -0.15) is 0 Å². The number of carbonyl (C=O) groups is 2. The average Bonchev–Trinajstić information content (AvgIpc) is 2.94. The number of carbonyl (C=O) groups excluding carboxylic acids is 2. The van der Waals surface area contributed by atoms with Crippen LogP contribution in [0.25, 0.3) is 0 Å². The van der Waals surface area contributed by atoms with E-state index in [-0.39, 0.29) is 24.0 Å². The zero-order valence-electron chi connectivity index (χ0n) is 14.8. The van der Waals surface area contributed by atoms with Gasteiger partial charge < -0.3 is 20.7 Å². The van der Waals surface area contributed by atoms with Crippen LogP contribution < -0.4 is 16.0 Å². The molecule has 25 heavy (non-hydrogen) atoms. The third-order valence-corrected chi connectivity index (χ3v) is 4.62. The van der Waals surface area contributed by atoms with E-state index in [1.165, 1.54) is 0 Å². The molecule has 3 N–H and O–H groups in total. The Balaban J connectivity index is 1.48. The van der Waals surface area contributed by atoms with Gasteiger partial charge in [0.2, 0.25) is 5.91 Å². The number of amides is 3. The van der Waals surface area contributed by atoms with Crippen molar-refractivity contribution in [3.8, 4) is 0 Å². The molecule has 1 fully saturated rings. The van der Waals surface area contributed by atoms with Crippen LogP contribution in [0.5, 0.6) is 0 Å². The third-order valence-electron chi connectivity index (χ3n) is 4.62. The number of benzene rings is 1. The number of anilines is 1. The molecule has 7 heteroatoms. The first-order valence-corrected chi connectivity index (χ1v) is 8.81. The second-order valence-electron chi connectivity index (χ2n) is 6.80. The van der Waals surface area contributed by atoms with E-state index >= 15 is 0 Å². The Bertz CT molecular complexity index is 643. The summed E-state index contributed by atoms with van der Waals surface area (Å²) >= 11 is 0. The summed E-state index contributed by atoms with van der Waals surface area (Å²) in [7, 11) is 0. The predicted octanol–water partition coefficient (Wildman–Crippen LogP) is 1.26. The van der Waals surface area contributed by atoms with Gasteiger partial charge in [-0.15, -0.1) is 0 Å². The normalized spacial score (nSPS) is 19.7. The molecule has 0 bridgehead atoms. The number of rotatable bonds is 5. The number of hydrogen-bond donors (Lipinski definition) is 3. The van der Waals surface area contributed by atoms with E-state index in [9.17, 15) is 9.59 Å². The maximum Gasteiger partial charge on any atom is 0.315 e. The number of ether oxygens (including phenoxy) is 1. The van der Waals surface area contributed by atoms with Crippen molar-refractivity contribution in [3.05, 3.63) is 29.3 Å². The molecule has 1 saturated heterocycles. The minimum atomic E-state index is -0.178. The van der Waals surface area contributed by atoms with Gasteiger partial charge in [0.05, 0.1) is 25.7 Å². The summed E-state index contributed by atoms with van der Waals surface area (Å²) in [5.74, 6) is 0.0162. The van der Waals surface area contributed by atoms with Crippen molar-refractivity contribution in [1.29, 1.82) is 0 Å². The van der Waals surface area contributed by atoms with Gasteiger partial charge in [0, 0.05) is 31.4 Å². The van der Waals surface area contributed by atoms with E-state index in [1.54, 1.807) is 0 Å². The SMILES string of the molecule is CC(CN1CCOCC1)NC(=O)NC(C)c1ccc2c(c1)CC(=O)N2. The quantitative estimate of drug-likeness (QED) is 0.750. The second kappa shape index (κ2) is 7.84. The topological polar surface area (TPSA) is 82.7 Å².